The summed E-state index contributed by atoms with van der Waals surface area (Å²) in [4.78, 5) is 11.6. The lowest BCUT2D eigenvalue weighted by Crippen LogP contribution is -2.47. The molecule has 2 N–H and O–H groups in total. The fraction of sp³-hybridized carbons (Fsp3) is 0.778. The molecular weight excluding hydrogens is 196 g/mol. The van der Waals surface area contributed by atoms with Crippen LogP contribution >= 0.6 is 0 Å². The first-order valence-electron chi connectivity index (χ1n) is 5.31. The van der Waals surface area contributed by atoms with Gasteiger partial charge in [-0.25, -0.2) is 9.89 Å². The first kappa shape index (κ1) is 9.11. The summed E-state index contributed by atoms with van der Waals surface area (Å²) >= 11 is 0. The van der Waals surface area contributed by atoms with Crippen LogP contribution in [0.25, 0.3) is 0 Å². The normalized spacial score (nSPS) is 26.8. The van der Waals surface area contributed by atoms with E-state index < -0.39 is 0 Å². The quantitative estimate of drug-likeness (QED) is 0.671. The van der Waals surface area contributed by atoms with Crippen molar-refractivity contribution in [2.24, 2.45) is 0 Å². The molecule has 0 radical (unpaired) electrons. The van der Waals surface area contributed by atoms with Crippen LogP contribution in [0.4, 0.5) is 0 Å². The van der Waals surface area contributed by atoms with Gasteiger partial charge in [-0.15, -0.1) is 0 Å². The lowest BCUT2D eigenvalue weighted by atomic mass is 10.1. The molecule has 1 aromatic rings. The molecule has 15 heavy (non-hydrogen) atoms. The molecule has 0 aliphatic carbocycles. The summed E-state index contributed by atoms with van der Waals surface area (Å²) in [6.07, 6.45) is 0.963. The molecule has 0 spiro atoms. The van der Waals surface area contributed by atoms with E-state index in [0.717, 1.165) is 31.9 Å². The number of ether oxygens (including phenoxy) is 1. The van der Waals surface area contributed by atoms with Crippen molar-refractivity contribution in [3.8, 4) is 0 Å². The molecule has 1 aromatic heterocycles. The zero-order chi connectivity index (χ0) is 10.3. The fourth-order valence-electron chi connectivity index (χ4n) is 2.15. The lowest BCUT2D eigenvalue weighted by Gasteiger charge is -2.29. The van der Waals surface area contributed by atoms with Crippen LogP contribution in [0, 0.1) is 0 Å². The summed E-state index contributed by atoms with van der Waals surface area (Å²) in [7, 11) is 0. The SMILES string of the molecule is O=c1[nH]nc([C@@H]2CCOC2)n1C1CNC1. The van der Waals surface area contributed by atoms with Crippen molar-refractivity contribution in [1.29, 1.82) is 0 Å². The molecule has 6 heteroatoms. The number of aromatic nitrogens is 3. The van der Waals surface area contributed by atoms with Gasteiger partial charge in [-0.3, -0.25) is 4.57 Å². The molecule has 3 rings (SSSR count). The van der Waals surface area contributed by atoms with Gasteiger partial charge in [-0.1, -0.05) is 0 Å². The van der Waals surface area contributed by atoms with Gasteiger partial charge in [0.1, 0.15) is 5.82 Å². The summed E-state index contributed by atoms with van der Waals surface area (Å²) in [5, 5.41) is 9.82. The molecule has 0 bridgehead atoms. The van der Waals surface area contributed by atoms with Gasteiger partial charge in [0.15, 0.2) is 0 Å². The van der Waals surface area contributed by atoms with E-state index >= 15 is 0 Å². The molecule has 0 aromatic carbocycles. The Morgan fingerprint density at radius 3 is 2.93 bits per heavy atom. The number of H-pyrrole nitrogens is 1. The predicted molar refractivity (Wildman–Crippen MR) is 52.9 cm³/mol. The van der Waals surface area contributed by atoms with E-state index in [-0.39, 0.29) is 17.6 Å². The minimum atomic E-state index is -0.0941. The van der Waals surface area contributed by atoms with Crippen LogP contribution in [0.1, 0.15) is 24.2 Å². The Hall–Kier alpha value is -1.14. The van der Waals surface area contributed by atoms with Gasteiger partial charge in [-0.05, 0) is 6.42 Å². The number of nitrogens with zero attached hydrogens (tertiary/aromatic N) is 2. The average molecular weight is 210 g/mol. The second-order valence-electron chi connectivity index (χ2n) is 4.13. The highest BCUT2D eigenvalue weighted by atomic mass is 16.5. The topological polar surface area (TPSA) is 71.9 Å². The molecular formula is C9H14N4O2. The smallest absolute Gasteiger partial charge is 0.343 e. The maximum atomic E-state index is 11.6. The van der Waals surface area contributed by atoms with Gasteiger partial charge in [-0.2, -0.15) is 5.10 Å². The Bertz CT molecular complexity index is 400. The highest BCUT2D eigenvalue weighted by Crippen LogP contribution is 2.24. The Balaban J connectivity index is 1.95. The Kier molecular flexibility index (Phi) is 2.10. The Morgan fingerprint density at radius 1 is 1.47 bits per heavy atom. The number of rotatable bonds is 2. The molecule has 0 unspecified atom stereocenters. The van der Waals surface area contributed by atoms with E-state index in [9.17, 15) is 4.79 Å². The zero-order valence-corrected chi connectivity index (χ0v) is 8.40. The Morgan fingerprint density at radius 2 is 2.33 bits per heavy atom. The van der Waals surface area contributed by atoms with Gasteiger partial charge >= 0.3 is 5.69 Å². The molecule has 6 nitrogen and oxygen atoms in total. The standard InChI is InChI=1S/C9H14N4O2/c14-9-12-11-8(6-1-2-15-5-6)13(9)7-3-10-4-7/h6-7,10H,1-5H2,(H,12,14)/t6-/m1/s1. The summed E-state index contributed by atoms with van der Waals surface area (Å²) in [6, 6.07) is 0.270. The van der Waals surface area contributed by atoms with Crippen LogP contribution in [-0.2, 0) is 4.74 Å². The van der Waals surface area contributed by atoms with Crippen molar-refractivity contribution in [3.05, 3.63) is 16.3 Å². The van der Waals surface area contributed by atoms with E-state index in [4.69, 9.17) is 4.74 Å². The average Bonchev–Trinajstić information content (AvgIpc) is 2.74. The van der Waals surface area contributed by atoms with Crippen molar-refractivity contribution in [1.82, 2.24) is 20.1 Å². The second-order valence-corrected chi connectivity index (χ2v) is 4.13. The van der Waals surface area contributed by atoms with Gasteiger partial charge in [0.05, 0.1) is 12.6 Å². The number of hydrogen-bond donors (Lipinski definition) is 2. The minimum absolute atomic E-state index is 0.0941. The van der Waals surface area contributed by atoms with E-state index in [1.54, 1.807) is 4.57 Å². The first-order chi connectivity index (χ1) is 7.36. The summed E-state index contributed by atoms with van der Waals surface area (Å²) < 4.78 is 7.11. The zero-order valence-electron chi connectivity index (χ0n) is 8.40. The summed E-state index contributed by atoms with van der Waals surface area (Å²) in [5.41, 5.74) is -0.0941. The molecule has 2 fully saturated rings. The first-order valence-corrected chi connectivity index (χ1v) is 5.31. The summed E-state index contributed by atoms with van der Waals surface area (Å²) in [6.45, 7) is 3.18. The minimum Gasteiger partial charge on any atom is -0.381 e. The van der Waals surface area contributed by atoms with Crippen molar-refractivity contribution < 1.29 is 4.74 Å². The second kappa shape index (κ2) is 3.46. The van der Waals surface area contributed by atoms with E-state index in [1.807, 2.05) is 0 Å². The third-order valence-corrected chi connectivity index (χ3v) is 3.15. The third kappa shape index (κ3) is 1.40. The van der Waals surface area contributed by atoms with Gasteiger partial charge in [0, 0.05) is 25.6 Å². The maximum Gasteiger partial charge on any atom is 0.343 e. The van der Waals surface area contributed by atoms with Crippen molar-refractivity contribution >= 4 is 0 Å². The van der Waals surface area contributed by atoms with Crippen LogP contribution in [0.5, 0.6) is 0 Å². The van der Waals surface area contributed by atoms with Gasteiger partial charge in [0.25, 0.3) is 0 Å². The number of nitrogens with one attached hydrogen (secondary N) is 2. The fourth-order valence-corrected chi connectivity index (χ4v) is 2.15. The molecule has 1 atom stereocenters. The van der Waals surface area contributed by atoms with Crippen molar-refractivity contribution in [2.45, 2.75) is 18.4 Å². The highest BCUT2D eigenvalue weighted by molar-refractivity contribution is 5.02. The monoisotopic (exact) mass is 210 g/mol. The third-order valence-electron chi connectivity index (χ3n) is 3.15. The van der Waals surface area contributed by atoms with Crippen LogP contribution in [0.2, 0.25) is 0 Å². The van der Waals surface area contributed by atoms with Crippen LogP contribution in [0.3, 0.4) is 0 Å². The molecule has 82 valence electrons. The molecule has 3 heterocycles. The van der Waals surface area contributed by atoms with Gasteiger partial charge in [0.2, 0.25) is 0 Å². The number of aromatic amines is 1. The maximum absolute atomic E-state index is 11.6. The molecule has 2 aliphatic rings. The van der Waals surface area contributed by atoms with Crippen LogP contribution < -0.4 is 11.0 Å². The molecule has 0 amide bonds. The van der Waals surface area contributed by atoms with Crippen molar-refractivity contribution in [2.75, 3.05) is 26.3 Å². The van der Waals surface area contributed by atoms with Gasteiger partial charge < -0.3 is 10.1 Å². The molecule has 2 saturated heterocycles. The van der Waals surface area contributed by atoms with E-state index in [0.29, 0.717) is 6.61 Å². The van der Waals surface area contributed by atoms with Crippen molar-refractivity contribution in [3.63, 3.8) is 0 Å². The summed E-state index contributed by atoms with van der Waals surface area (Å²) in [5.74, 6) is 1.15. The number of hydrogen-bond acceptors (Lipinski definition) is 4. The van der Waals surface area contributed by atoms with E-state index in [2.05, 4.69) is 15.5 Å². The molecule has 2 aliphatic heterocycles. The largest absolute Gasteiger partial charge is 0.381 e. The van der Waals surface area contributed by atoms with Crippen LogP contribution in [-0.4, -0.2) is 41.1 Å². The molecule has 0 saturated carbocycles. The van der Waals surface area contributed by atoms with E-state index in [1.165, 1.54) is 0 Å². The predicted octanol–water partition coefficient (Wildman–Crippen LogP) is -0.780. The highest BCUT2D eigenvalue weighted by Gasteiger charge is 2.29. The lowest BCUT2D eigenvalue weighted by molar-refractivity contribution is 0.191. The Labute approximate surface area is 86.6 Å². The van der Waals surface area contributed by atoms with Crippen LogP contribution in [0.15, 0.2) is 4.79 Å².